The number of benzene rings is 1. The molecule has 3 rings (SSSR count). The van der Waals surface area contributed by atoms with Gasteiger partial charge in [-0.2, -0.15) is 0 Å². The number of nitrogens with zero attached hydrogens (tertiary/aromatic N) is 2. The minimum atomic E-state index is 0.429. The molecule has 0 spiro atoms. The summed E-state index contributed by atoms with van der Waals surface area (Å²) in [5.41, 5.74) is 0.850. The van der Waals surface area contributed by atoms with Gasteiger partial charge in [0.05, 0.1) is 11.9 Å². The first kappa shape index (κ1) is 13.6. The molecule has 1 fully saturated rings. The van der Waals surface area contributed by atoms with Gasteiger partial charge < -0.3 is 10.1 Å². The van der Waals surface area contributed by atoms with Gasteiger partial charge in [0, 0.05) is 28.8 Å². The summed E-state index contributed by atoms with van der Waals surface area (Å²) < 4.78 is 5.63. The molecule has 0 bridgehead atoms. The zero-order valence-corrected chi connectivity index (χ0v) is 12.2. The van der Waals surface area contributed by atoms with Gasteiger partial charge in [-0.15, -0.1) is 0 Å². The molecule has 1 heterocycles. The van der Waals surface area contributed by atoms with E-state index in [2.05, 4.69) is 15.3 Å². The fraction of sp³-hybridized carbons (Fsp3) is 0.286. The summed E-state index contributed by atoms with van der Waals surface area (Å²) in [5, 5.41) is 4.42. The van der Waals surface area contributed by atoms with Crippen molar-refractivity contribution in [2.75, 3.05) is 0 Å². The number of aromatic nitrogens is 2. The van der Waals surface area contributed by atoms with Crippen LogP contribution in [-0.2, 0) is 6.54 Å². The van der Waals surface area contributed by atoms with Gasteiger partial charge in [-0.3, -0.25) is 4.98 Å². The third kappa shape index (κ3) is 3.82. The van der Waals surface area contributed by atoms with E-state index in [4.69, 9.17) is 27.9 Å². The summed E-state index contributed by atoms with van der Waals surface area (Å²) in [6, 6.07) is 5.65. The number of hydrogen-bond acceptors (Lipinski definition) is 4. The lowest BCUT2D eigenvalue weighted by molar-refractivity contribution is 0.456. The van der Waals surface area contributed by atoms with Gasteiger partial charge in [-0.25, -0.2) is 4.98 Å². The molecule has 6 heteroatoms. The second kappa shape index (κ2) is 5.95. The maximum Gasteiger partial charge on any atom is 0.238 e. The first-order chi connectivity index (χ1) is 9.69. The van der Waals surface area contributed by atoms with E-state index in [0.29, 0.717) is 34.3 Å². The molecule has 0 saturated heterocycles. The summed E-state index contributed by atoms with van der Waals surface area (Å²) in [6.07, 6.45) is 5.78. The summed E-state index contributed by atoms with van der Waals surface area (Å²) in [7, 11) is 0. The monoisotopic (exact) mass is 309 g/mol. The molecule has 2 aromatic rings. The summed E-state index contributed by atoms with van der Waals surface area (Å²) in [5.74, 6) is 0.975. The predicted molar refractivity (Wildman–Crippen MR) is 78.4 cm³/mol. The van der Waals surface area contributed by atoms with Gasteiger partial charge in [0.2, 0.25) is 5.88 Å². The summed E-state index contributed by atoms with van der Waals surface area (Å²) in [6.45, 7) is 0.700. The fourth-order valence-electron chi connectivity index (χ4n) is 1.77. The second-order valence-electron chi connectivity index (χ2n) is 4.71. The molecule has 1 aromatic carbocycles. The Bertz CT molecular complexity index is 597. The number of ether oxygens (including phenoxy) is 1. The van der Waals surface area contributed by atoms with Crippen LogP contribution in [0.1, 0.15) is 18.5 Å². The maximum absolute atomic E-state index is 5.93. The predicted octanol–water partition coefficient (Wildman–Crippen LogP) is 3.83. The number of hydrogen-bond donors (Lipinski definition) is 1. The first-order valence-electron chi connectivity index (χ1n) is 6.37. The van der Waals surface area contributed by atoms with Crippen molar-refractivity contribution in [3.63, 3.8) is 0 Å². The van der Waals surface area contributed by atoms with Crippen molar-refractivity contribution >= 4 is 23.2 Å². The third-order valence-corrected chi connectivity index (χ3v) is 3.31. The van der Waals surface area contributed by atoms with E-state index in [1.54, 1.807) is 30.6 Å². The zero-order chi connectivity index (χ0) is 13.9. The molecular weight excluding hydrogens is 297 g/mol. The van der Waals surface area contributed by atoms with Gasteiger partial charge in [-0.1, -0.05) is 23.2 Å². The maximum atomic E-state index is 5.93. The van der Waals surface area contributed by atoms with Crippen molar-refractivity contribution in [2.45, 2.75) is 25.4 Å². The Morgan fingerprint density at radius 1 is 1.15 bits per heavy atom. The lowest BCUT2D eigenvalue weighted by atomic mass is 10.3. The molecule has 0 aliphatic heterocycles. The normalized spacial score (nSPS) is 14.3. The lowest BCUT2D eigenvalue weighted by Gasteiger charge is -2.07. The molecule has 0 unspecified atom stereocenters. The van der Waals surface area contributed by atoms with Crippen LogP contribution in [0.4, 0.5) is 0 Å². The fourth-order valence-corrected chi connectivity index (χ4v) is 2.27. The van der Waals surface area contributed by atoms with Crippen LogP contribution in [-0.4, -0.2) is 16.0 Å². The van der Waals surface area contributed by atoms with Crippen LogP contribution in [0.2, 0.25) is 10.0 Å². The van der Waals surface area contributed by atoms with Crippen LogP contribution in [0.25, 0.3) is 0 Å². The smallest absolute Gasteiger partial charge is 0.238 e. The van der Waals surface area contributed by atoms with E-state index < -0.39 is 0 Å². The van der Waals surface area contributed by atoms with Gasteiger partial charge in [-0.05, 0) is 31.0 Å². The van der Waals surface area contributed by atoms with Crippen LogP contribution in [0.5, 0.6) is 11.6 Å². The highest BCUT2D eigenvalue weighted by Gasteiger charge is 2.20. The van der Waals surface area contributed by atoms with E-state index >= 15 is 0 Å². The topological polar surface area (TPSA) is 47.0 Å². The SMILES string of the molecule is Clc1cc(Cl)cc(Oc2cncc(CNC3CC3)n2)c1. The molecule has 1 aromatic heterocycles. The molecule has 0 radical (unpaired) electrons. The van der Waals surface area contributed by atoms with E-state index in [9.17, 15) is 0 Å². The van der Waals surface area contributed by atoms with Crippen LogP contribution in [0.15, 0.2) is 30.6 Å². The van der Waals surface area contributed by atoms with Crippen LogP contribution >= 0.6 is 23.2 Å². The molecule has 0 amide bonds. The van der Waals surface area contributed by atoms with Crippen LogP contribution in [0.3, 0.4) is 0 Å². The minimum absolute atomic E-state index is 0.429. The summed E-state index contributed by atoms with van der Waals surface area (Å²) in [4.78, 5) is 8.52. The van der Waals surface area contributed by atoms with Crippen LogP contribution < -0.4 is 10.1 Å². The Morgan fingerprint density at radius 2 is 1.90 bits per heavy atom. The van der Waals surface area contributed by atoms with E-state index in [-0.39, 0.29) is 0 Å². The molecule has 104 valence electrons. The van der Waals surface area contributed by atoms with Crippen molar-refractivity contribution in [2.24, 2.45) is 0 Å². The third-order valence-electron chi connectivity index (χ3n) is 2.87. The van der Waals surface area contributed by atoms with E-state index in [1.807, 2.05) is 0 Å². The van der Waals surface area contributed by atoms with Crippen molar-refractivity contribution in [1.82, 2.24) is 15.3 Å². The number of halogens is 2. The Labute approximate surface area is 127 Å². The summed E-state index contributed by atoms with van der Waals surface area (Å²) >= 11 is 11.9. The highest BCUT2D eigenvalue weighted by atomic mass is 35.5. The number of nitrogens with one attached hydrogen (secondary N) is 1. The molecule has 0 atom stereocenters. The van der Waals surface area contributed by atoms with Crippen molar-refractivity contribution < 1.29 is 4.74 Å². The highest BCUT2D eigenvalue weighted by molar-refractivity contribution is 6.34. The van der Waals surface area contributed by atoms with E-state index in [0.717, 1.165) is 5.69 Å². The molecule has 20 heavy (non-hydrogen) atoms. The van der Waals surface area contributed by atoms with Crippen molar-refractivity contribution in [3.05, 3.63) is 46.3 Å². The Hall–Kier alpha value is -1.36. The van der Waals surface area contributed by atoms with E-state index in [1.165, 1.54) is 12.8 Å². The van der Waals surface area contributed by atoms with Gasteiger partial charge >= 0.3 is 0 Å². The van der Waals surface area contributed by atoms with Gasteiger partial charge in [0.15, 0.2) is 0 Å². The average Bonchev–Trinajstić information content (AvgIpc) is 3.19. The molecule has 1 aliphatic carbocycles. The molecule has 1 aliphatic rings. The first-order valence-corrected chi connectivity index (χ1v) is 7.13. The second-order valence-corrected chi connectivity index (χ2v) is 5.58. The Morgan fingerprint density at radius 3 is 2.60 bits per heavy atom. The van der Waals surface area contributed by atoms with Crippen molar-refractivity contribution in [3.8, 4) is 11.6 Å². The van der Waals surface area contributed by atoms with Crippen molar-refractivity contribution in [1.29, 1.82) is 0 Å². The molecule has 4 nitrogen and oxygen atoms in total. The van der Waals surface area contributed by atoms with Gasteiger partial charge in [0.1, 0.15) is 5.75 Å². The molecule has 1 saturated carbocycles. The quantitative estimate of drug-likeness (QED) is 0.912. The van der Waals surface area contributed by atoms with Crippen LogP contribution in [0, 0.1) is 0 Å². The Kier molecular flexibility index (Phi) is 4.05. The minimum Gasteiger partial charge on any atom is -0.437 e. The molecular formula is C14H13Cl2N3O. The Balaban J connectivity index is 1.70. The molecule has 1 N–H and O–H groups in total. The lowest BCUT2D eigenvalue weighted by Crippen LogP contribution is -2.16. The zero-order valence-electron chi connectivity index (χ0n) is 10.6. The van der Waals surface area contributed by atoms with Gasteiger partial charge in [0.25, 0.3) is 0 Å². The standard InChI is InChI=1S/C14H13Cl2N3O/c15-9-3-10(16)5-13(4-9)20-14-8-17-6-12(19-14)7-18-11-1-2-11/h3-6,8,11,18H,1-2,7H2. The highest BCUT2D eigenvalue weighted by Crippen LogP contribution is 2.27. The average molecular weight is 310 g/mol. The number of rotatable bonds is 5. The largest absolute Gasteiger partial charge is 0.437 e.